The maximum Gasteiger partial charge on any atom is 0.226 e. The van der Waals surface area contributed by atoms with Gasteiger partial charge in [0.05, 0.1) is 12.1 Å². The van der Waals surface area contributed by atoms with Crippen molar-refractivity contribution < 1.29 is 13.6 Å². The first-order valence-electron chi connectivity index (χ1n) is 7.05. The molecule has 1 aliphatic carbocycles. The monoisotopic (exact) mass is 280 g/mol. The van der Waals surface area contributed by atoms with Crippen LogP contribution in [0.15, 0.2) is 12.1 Å². The first-order valence-corrected chi connectivity index (χ1v) is 7.05. The molecule has 1 N–H and O–H groups in total. The van der Waals surface area contributed by atoms with Crippen molar-refractivity contribution in [3.05, 3.63) is 23.8 Å². The summed E-state index contributed by atoms with van der Waals surface area (Å²) >= 11 is 0. The third-order valence-electron chi connectivity index (χ3n) is 4.65. The Bertz CT molecular complexity index is 553. The number of hydrogen-bond donors (Lipinski definition) is 1. The van der Waals surface area contributed by atoms with E-state index in [1.807, 2.05) is 11.9 Å². The molecule has 20 heavy (non-hydrogen) atoms. The zero-order valence-electron chi connectivity index (χ0n) is 11.5. The van der Waals surface area contributed by atoms with Crippen molar-refractivity contribution in [2.24, 2.45) is 0 Å². The zero-order valence-corrected chi connectivity index (χ0v) is 11.5. The molecule has 5 heteroatoms. The minimum Gasteiger partial charge on any atom is -0.367 e. The van der Waals surface area contributed by atoms with Gasteiger partial charge in [-0.2, -0.15) is 0 Å². The molecule has 0 unspecified atom stereocenters. The number of nitrogens with one attached hydrogen (secondary N) is 1. The molecule has 1 heterocycles. The summed E-state index contributed by atoms with van der Waals surface area (Å²) < 4.78 is 27.5. The Morgan fingerprint density at radius 3 is 2.60 bits per heavy atom. The second-order valence-electron chi connectivity index (χ2n) is 5.85. The first-order chi connectivity index (χ1) is 9.52. The summed E-state index contributed by atoms with van der Waals surface area (Å²) in [6.45, 7) is 0. The third-order valence-corrected chi connectivity index (χ3v) is 4.65. The SMILES string of the molecule is CN1c2cc(F)cc(F)c2NC(=O)CC12CCCCC2. The van der Waals surface area contributed by atoms with Gasteiger partial charge in [0.15, 0.2) is 5.82 Å². The summed E-state index contributed by atoms with van der Waals surface area (Å²) in [7, 11) is 1.84. The topological polar surface area (TPSA) is 32.3 Å². The predicted octanol–water partition coefficient (Wildman–Crippen LogP) is 3.45. The van der Waals surface area contributed by atoms with Crippen LogP contribution in [0.5, 0.6) is 0 Å². The molecule has 1 fully saturated rings. The molecule has 2 aliphatic rings. The smallest absolute Gasteiger partial charge is 0.226 e. The van der Waals surface area contributed by atoms with Crippen LogP contribution in [0.4, 0.5) is 20.2 Å². The van der Waals surface area contributed by atoms with Gasteiger partial charge in [-0.25, -0.2) is 8.78 Å². The van der Waals surface area contributed by atoms with Crippen molar-refractivity contribution in [1.82, 2.24) is 0 Å². The Balaban J connectivity index is 2.12. The van der Waals surface area contributed by atoms with E-state index in [1.165, 1.54) is 6.07 Å². The van der Waals surface area contributed by atoms with Gasteiger partial charge in [-0.1, -0.05) is 19.3 Å². The van der Waals surface area contributed by atoms with Gasteiger partial charge in [0.1, 0.15) is 11.5 Å². The fourth-order valence-electron chi connectivity index (χ4n) is 3.53. The Hall–Kier alpha value is -1.65. The highest BCUT2D eigenvalue weighted by atomic mass is 19.1. The number of carbonyl (C=O) groups is 1. The molecule has 3 rings (SSSR count). The van der Waals surface area contributed by atoms with Crippen LogP contribution in [0.2, 0.25) is 0 Å². The van der Waals surface area contributed by atoms with E-state index in [-0.39, 0.29) is 17.1 Å². The van der Waals surface area contributed by atoms with E-state index in [9.17, 15) is 13.6 Å². The molecule has 3 nitrogen and oxygen atoms in total. The summed E-state index contributed by atoms with van der Waals surface area (Å²) in [4.78, 5) is 14.0. The van der Waals surface area contributed by atoms with E-state index < -0.39 is 11.6 Å². The number of halogens is 2. The Labute approximate surface area is 117 Å². The minimum absolute atomic E-state index is 0.0985. The number of fused-ring (bicyclic) bond motifs is 1. The van der Waals surface area contributed by atoms with Crippen LogP contribution in [-0.4, -0.2) is 18.5 Å². The largest absolute Gasteiger partial charge is 0.367 e. The highest BCUT2D eigenvalue weighted by molar-refractivity contribution is 5.97. The average molecular weight is 280 g/mol. The average Bonchev–Trinajstić information content (AvgIpc) is 2.50. The van der Waals surface area contributed by atoms with E-state index in [0.717, 1.165) is 38.2 Å². The third kappa shape index (κ3) is 2.05. The first kappa shape index (κ1) is 13.3. The Morgan fingerprint density at radius 1 is 1.20 bits per heavy atom. The fraction of sp³-hybridized carbons (Fsp3) is 0.533. The highest BCUT2D eigenvalue weighted by Crippen LogP contribution is 2.44. The number of amides is 1. The van der Waals surface area contributed by atoms with E-state index in [0.29, 0.717) is 12.1 Å². The van der Waals surface area contributed by atoms with Gasteiger partial charge in [0.25, 0.3) is 0 Å². The van der Waals surface area contributed by atoms with Crippen LogP contribution >= 0.6 is 0 Å². The van der Waals surface area contributed by atoms with Crippen molar-refractivity contribution in [3.8, 4) is 0 Å². The van der Waals surface area contributed by atoms with Crippen molar-refractivity contribution in [3.63, 3.8) is 0 Å². The quantitative estimate of drug-likeness (QED) is 0.789. The lowest BCUT2D eigenvalue weighted by atomic mass is 9.78. The van der Waals surface area contributed by atoms with Crippen LogP contribution in [0.1, 0.15) is 38.5 Å². The molecule has 1 saturated carbocycles. The van der Waals surface area contributed by atoms with E-state index in [1.54, 1.807) is 0 Å². The maximum atomic E-state index is 13.9. The molecule has 0 aromatic heterocycles. The van der Waals surface area contributed by atoms with Gasteiger partial charge in [-0.15, -0.1) is 0 Å². The molecule has 1 amide bonds. The standard InChI is InChI=1S/C15H18F2N2O/c1-19-12-8-10(16)7-11(17)14(12)18-13(20)9-15(19)5-3-2-4-6-15/h7-8H,2-6,9H2,1H3,(H,18,20). The fourth-order valence-corrected chi connectivity index (χ4v) is 3.53. The van der Waals surface area contributed by atoms with Gasteiger partial charge in [0, 0.05) is 18.7 Å². The minimum atomic E-state index is -0.715. The number of carbonyl (C=O) groups excluding carboxylic acids is 1. The maximum absolute atomic E-state index is 13.9. The van der Waals surface area contributed by atoms with Gasteiger partial charge >= 0.3 is 0 Å². The lowest BCUT2D eigenvalue weighted by Gasteiger charge is -2.44. The van der Waals surface area contributed by atoms with Gasteiger partial charge in [-0.3, -0.25) is 4.79 Å². The van der Waals surface area contributed by atoms with Crippen LogP contribution in [-0.2, 0) is 4.79 Å². The van der Waals surface area contributed by atoms with Crippen molar-refractivity contribution >= 4 is 17.3 Å². The van der Waals surface area contributed by atoms with Crippen LogP contribution < -0.4 is 10.2 Å². The van der Waals surface area contributed by atoms with Crippen molar-refractivity contribution in [1.29, 1.82) is 0 Å². The lowest BCUT2D eigenvalue weighted by Crippen LogP contribution is -2.49. The molecule has 1 aromatic rings. The molecule has 0 atom stereocenters. The molecule has 1 spiro atoms. The molecule has 0 bridgehead atoms. The predicted molar refractivity (Wildman–Crippen MR) is 73.8 cm³/mol. The van der Waals surface area contributed by atoms with Gasteiger partial charge < -0.3 is 10.2 Å². The number of hydrogen-bond acceptors (Lipinski definition) is 2. The Kier molecular flexibility index (Phi) is 3.15. The number of rotatable bonds is 0. The number of benzene rings is 1. The van der Waals surface area contributed by atoms with E-state index in [4.69, 9.17) is 0 Å². The molecule has 1 aliphatic heterocycles. The Morgan fingerprint density at radius 2 is 1.90 bits per heavy atom. The summed E-state index contributed by atoms with van der Waals surface area (Å²) in [5.41, 5.74) is 0.227. The van der Waals surface area contributed by atoms with Crippen LogP contribution in [0.25, 0.3) is 0 Å². The second-order valence-corrected chi connectivity index (χ2v) is 5.85. The molecular weight excluding hydrogens is 262 g/mol. The molecule has 108 valence electrons. The number of anilines is 2. The second kappa shape index (κ2) is 4.72. The van der Waals surface area contributed by atoms with E-state index >= 15 is 0 Å². The summed E-state index contributed by atoms with van der Waals surface area (Å²) in [6.07, 6.45) is 5.35. The van der Waals surface area contributed by atoms with Crippen molar-refractivity contribution in [2.45, 2.75) is 44.1 Å². The highest BCUT2D eigenvalue weighted by Gasteiger charge is 2.41. The summed E-state index contributed by atoms with van der Waals surface area (Å²) in [5.74, 6) is -1.52. The van der Waals surface area contributed by atoms with Gasteiger partial charge in [-0.05, 0) is 18.9 Å². The molecule has 0 radical (unpaired) electrons. The van der Waals surface area contributed by atoms with E-state index in [2.05, 4.69) is 5.32 Å². The van der Waals surface area contributed by atoms with Crippen LogP contribution in [0, 0.1) is 11.6 Å². The molecule has 0 saturated heterocycles. The van der Waals surface area contributed by atoms with Crippen LogP contribution in [0.3, 0.4) is 0 Å². The normalized spacial score (nSPS) is 21.4. The molecule has 1 aromatic carbocycles. The summed E-state index contributed by atoms with van der Waals surface area (Å²) in [6, 6.07) is 2.12. The summed E-state index contributed by atoms with van der Waals surface area (Å²) in [5, 5.41) is 2.60. The zero-order chi connectivity index (χ0) is 14.3. The van der Waals surface area contributed by atoms with Gasteiger partial charge in [0.2, 0.25) is 5.91 Å². The lowest BCUT2D eigenvalue weighted by molar-refractivity contribution is -0.117. The number of nitrogens with zero attached hydrogens (tertiary/aromatic N) is 1. The van der Waals surface area contributed by atoms with Crippen molar-refractivity contribution in [2.75, 3.05) is 17.3 Å². The molecular formula is C15H18F2N2O.